The van der Waals surface area contributed by atoms with E-state index in [1.165, 1.54) is 22.1 Å². The van der Waals surface area contributed by atoms with Crippen molar-refractivity contribution in [2.45, 2.75) is 58.4 Å². The quantitative estimate of drug-likeness (QED) is 0.617. The van der Waals surface area contributed by atoms with Crippen molar-refractivity contribution in [3.63, 3.8) is 0 Å². The molecule has 0 bridgehead atoms. The van der Waals surface area contributed by atoms with E-state index in [9.17, 15) is 4.79 Å². The molecule has 3 aromatic rings. The second-order valence-corrected chi connectivity index (χ2v) is 8.64. The van der Waals surface area contributed by atoms with E-state index in [-0.39, 0.29) is 23.3 Å². The van der Waals surface area contributed by atoms with E-state index in [2.05, 4.69) is 73.7 Å². The molecule has 0 spiro atoms. The van der Waals surface area contributed by atoms with Gasteiger partial charge in [-0.05, 0) is 42.0 Å². The van der Waals surface area contributed by atoms with Crippen LogP contribution in [-0.2, 0) is 10.2 Å². The first-order valence-corrected chi connectivity index (χ1v) is 9.71. The summed E-state index contributed by atoms with van der Waals surface area (Å²) in [4.78, 5) is 15.9. The average molecular weight is 363 g/mol. The molecule has 0 saturated heterocycles. The molecular weight excluding hydrogens is 332 g/mol. The molecule has 27 heavy (non-hydrogen) atoms. The third kappa shape index (κ3) is 4.41. The van der Waals surface area contributed by atoms with Crippen molar-refractivity contribution in [3.8, 4) is 0 Å². The van der Waals surface area contributed by atoms with Crippen LogP contribution >= 0.6 is 0 Å². The van der Waals surface area contributed by atoms with Gasteiger partial charge >= 0.3 is 0 Å². The first-order valence-electron chi connectivity index (χ1n) is 9.71. The van der Waals surface area contributed by atoms with Gasteiger partial charge in [-0.25, -0.2) is 0 Å². The van der Waals surface area contributed by atoms with Crippen LogP contribution in [0, 0.1) is 0 Å². The van der Waals surface area contributed by atoms with E-state index in [1.807, 2.05) is 26.0 Å². The molecule has 0 fully saturated rings. The van der Waals surface area contributed by atoms with Crippen molar-refractivity contribution in [3.05, 3.63) is 71.4 Å². The number of benzene rings is 2. The van der Waals surface area contributed by atoms with Crippen molar-refractivity contribution >= 4 is 16.8 Å². The molecule has 2 aromatic carbocycles. The summed E-state index contributed by atoms with van der Waals surface area (Å²) in [5.41, 5.74) is 4.87. The Kier molecular flexibility index (Phi) is 5.41. The fraction of sp³-hybridized carbons (Fsp3) is 0.375. The Balaban J connectivity index is 2.01. The zero-order valence-corrected chi connectivity index (χ0v) is 17.0. The maximum atomic E-state index is 12.6. The average Bonchev–Trinajstić information content (AvgIpc) is 3.02. The number of rotatable bonds is 5. The van der Waals surface area contributed by atoms with Crippen molar-refractivity contribution in [1.29, 1.82) is 0 Å². The molecule has 1 atom stereocenters. The van der Waals surface area contributed by atoms with Crippen LogP contribution in [0.2, 0.25) is 0 Å². The summed E-state index contributed by atoms with van der Waals surface area (Å²) in [7, 11) is 0. The molecule has 2 N–H and O–H groups in total. The molecule has 0 aliphatic rings. The summed E-state index contributed by atoms with van der Waals surface area (Å²) in [5, 5.41) is 4.22. The van der Waals surface area contributed by atoms with E-state index in [4.69, 9.17) is 0 Å². The molecule has 0 aliphatic carbocycles. The number of hydrogen-bond acceptors (Lipinski definition) is 1. The number of nitrogens with one attached hydrogen (secondary N) is 2. The van der Waals surface area contributed by atoms with E-state index in [1.54, 1.807) is 0 Å². The molecule has 3 nitrogen and oxygen atoms in total. The van der Waals surface area contributed by atoms with Crippen LogP contribution in [0.4, 0.5) is 0 Å². The van der Waals surface area contributed by atoms with Crippen LogP contribution in [0.1, 0.15) is 63.6 Å². The summed E-state index contributed by atoms with van der Waals surface area (Å²) in [6, 6.07) is 17.2. The zero-order valence-electron chi connectivity index (χ0n) is 17.0. The molecule has 1 amide bonds. The maximum absolute atomic E-state index is 12.6. The van der Waals surface area contributed by atoms with Gasteiger partial charge in [0.2, 0.25) is 5.91 Å². The van der Waals surface area contributed by atoms with Gasteiger partial charge in [0, 0.05) is 35.5 Å². The number of aromatic amines is 1. The Bertz CT molecular complexity index is 913. The molecule has 0 saturated carbocycles. The number of aromatic nitrogens is 1. The second-order valence-electron chi connectivity index (χ2n) is 8.64. The first-order chi connectivity index (χ1) is 12.8. The molecule has 0 unspecified atom stereocenters. The minimum atomic E-state index is 0.0221. The topological polar surface area (TPSA) is 44.9 Å². The van der Waals surface area contributed by atoms with Gasteiger partial charge < -0.3 is 10.3 Å². The molecule has 3 rings (SSSR count). The Morgan fingerprint density at radius 3 is 2.33 bits per heavy atom. The predicted octanol–water partition coefficient (Wildman–Crippen LogP) is 5.51. The smallest absolute Gasteiger partial charge is 0.221 e. The minimum Gasteiger partial charge on any atom is -0.361 e. The number of para-hydroxylation sites is 1. The second kappa shape index (κ2) is 7.59. The first kappa shape index (κ1) is 19.2. The van der Waals surface area contributed by atoms with E-state index < -0.39 is 0 Å². The minimum absolute atomic E-state index is 0.0221. The lowest BCUT2D eigenvalue weighted by molar-refractivity contribution is -0.121. The van der Waals surface area contributed by atoms with Crippen LogP contribution in [0.15, 0.2) is 54.7 Å². The Morgan fingerprint density at radius 1 is 1.04 bits per heavy atom. The molecule has 1 heterocycles. The van der Waals surface area contributed by atoms with Crippen molar-refractivity contribution in [2.75, 3.05) is 0 Å². The standard InChI is InChI=1S/C24H30N2O/c1-16(2)26-23(27)14-20(17-10-12-18(13-11-17)24(3,4)5)21-15-25-22-9-7-6-8-19(21)22/h6-13,15-16,20,25H,14H2,1-5H3,(H,26,27)/t20-/m0/s1. The van der Waals surface area contributed by atoms with E-state index in [0.29, 0.717) is 6.42 Å². The highest BCUT2D eigenvalue weighted by atomic mass is 16.1. The van der Waals surface area contributed by atoms with Crippen molar-refractivity contribution < 1.29 is 4.79 Å². The highest BCUT2D eigenvalue weighted by molar-refractivity contribution is 5.86. The maximum Gasteiger partial charge on any atom is 0.221 e. The van der Waals surface area contributed by atoms with Gasteiger partial charge in [-0.3, -0.25) is 4.79 Å². The van der Waals surface area contributed by atoms with Crippen molar-refractivity contribution in [2.24, 2.45) is 0 Å². The highest BCUT2D eigenvalue weighted by Crippen LogP contribution is 2.34. The third-order valence-corrected chi connectivity index (χ3v) is 5.01. The highest BCUT2D eigenvalue weighted by Gasteiger charge is 2.22. The number of H-pyrrole nitrogens is 1. The monoisotopic (exact) mass is 362 g/mol. The predicted molar refractivity (Wildman–Crippen MR) is 113 cm³/mol. The molecule has 3 heteroatoms. The van der Waals surface area contributed by atoms with Gasteiger partial charge in [-0.2, -0.15) is 0 Å². The molecular formula is C24H30N2O. The van der Waals surface area contributed by atoms with Crippen LogP contribution in [0.25, 0.3) is 10.9 Å². The Labute approximate surface area is 162 Å². The summed E-state index contributed by atoms with van der Waals surface area (Å²) in [6.45, 7) is 10.6. The molecule has 142 valence electrons. The molecule has 0 radical (unpaired) electrons. The number of hydrogen-bond donors (Lipinski definition) is 2. The number of carbonyl (C=O) groups is 1. The third-order valence-electron chi connectivity index (χ3n) is 5.01. The van der Waals surface area contributed by atoms with Gasteiger partial charge in [0.05, 0.1) is 0 Å². The van der Waals surface area contributed by atoms with Gasteiger partial charge in [0.1, 0.15) is 0 Å². The van der Waals surface area contributed by atoms with Crippen LogP contribution < -0.4 is 5.32 Å². The lowest BCUT2D eigenvalue weighted by Gasteiger charge is -2.22. The molecule has 0 aliphatic heterocycles. The van der Waals surface area contributed by atoms with Gasteiger partial charge in [0.15, 0.2) is 0 Å². The lowest BCUT2D eigenvalue weighted by atomic mass is 9.83. The summed E-state index contributed by atoms with van der Waals surface area (Å²) in [6.07, 6.45) is 2.49. The normalized spacial score (nSPS) is 13.1. The summed E-state index contributed by atoms with van der Waals surface area (Å²) >= 11 is 0. The van der Waals surface area contributed by atoms with Crippen LogP contribution in [0.3, 0.4) is 0 Å². The summed E-state index contributed by atoms with van der Waals surface area (Å²) < 4.78 is 0. The fourth-order valence-electron chi connectivity index (χ4n) is 3.57. The van der Waals surface area contributed by atoms with Crippen LogP contribution in [-0.4, -0.2) is 16.9 Å². The van der Waals surface area contributed by atoms with E-state index >= 15 is 0 Å². The van der Waals surface area contributed by atoms with Gasteiger partial charge in [0.25, 0.3) is 0 Å². The number of fused-ring (bicyclic) bond motifs is 1. The summed E-state index contributed by atoms with van der Waals surface area (Å²) in [5.74, 6) is 0.106. The van der Waals surface area contributed by atoms with E-state index in [0.717, 1.165) is 5.52 Å². The number of amides is 1. The number of carbonyl (C=O) groups excluding carboxylic acids is 1. The largest absolute Gasteiger partial charge is 0.361 e. The Morgan fingerprint density at radius 2 is 1.70 bits per heavy atom. The Hall–Kier alpha value is -2.55. The SMILES string of the molecule is CC(C)NC(=O)C[C@@H](c1ccc(C(C)(C)C)cc1)c1c[nH]c2ccccc12. The fourth-order valence-corrected chi connectivity index (χ4v) is 3.57. The molecule has 1 aromatic heterocycles. The van der Waals surface area contributed by atoms with Crippen molar-refractivity contribution in [1.82, 2.24) is 10.3 Å². The van der Waals surface area contributed by atoms with Gasteiger partial charge in [-0.15, -0.1) is 0 Å². The van der Waals surface area contributed by atoms with Gasteiger partial charge in [-0.1, -0.05) is 63.2 Å². The lowest BCUT2D eigenvalue weighted by Crippen LogP contribution is -2.31. The van der Waals surface area contributed by atoms with Crippen LogP contribution in [0.5, 0.6) is 0 Å². The zero-order chi connectivity index (χ0) is 19.6.